The fourth-order valence-corrected chi connectivity index (χ4v) is 3.11. The average Bonchev–Trinajstić information content (AvgIpc) is 2.69. The van der Waals surface area contributed by atoms with E-state index in [4.69, 9.17) is 11.6 Å². The second kappa shape index (κ2) is 6.59. The number of benzene rings is 2. The van der Waals surface area contributed by atoms with Crippen molar-refractivity contribution in [1.82, 2.24) is 4.90 Å². The summed E-state index contributed by atoms with van der Waals surface area (Å²) in [6.45, 7) is 2.82. The smallest absolute Gasteiger partial charge is 0.157 e. The predicted octanol–water partition coefficient (Wildman–Crippen LogP) is 3.74. The zero-order valence-electron chi connectivity index (χ0n) is 12.4. The van der Waals surface area contributed by atoms with Crippen LogP contribution < -0.4 is 0 Å². The largest absolute Gasteiger partial charge is 0.504 e. The van der Waals surface area contributed by atoms with Crippen LogP contribution in [0.5, 0.6) is 11.5 Å². The zero-order chi connectivity index (χ0) is 15.5. The molecule has 1 aliphatic rings. The van der Waals surface area contributed by atoms with Crippen LogP contribution in [0.3, 0.4) is 0 Å². The van der Waals surface area contributed by atoms with Gasteiger partial charge in [0.2, 0.25) is 0 Å². The van der Waals surface area contributed by atoms with E-state index in [1.54, 1.807) is 12.1 Å². The van der Waals surface area contributed by atoms with Gasteiger partial charge in [-0.1, -0.05) is 23.7 Å². The topological polar surface area (TPSA) is 43.7 Å². The predicted molar refractivity (Wildman–Crippen MR) is 88.5 cm³/mol. The van der Waals surface area contributed by atoms with Crippen molar-refractivity contribution in [2.45, 2.75) is 25.8 Å². The highest BCUT2D eigenvalue weighted by Gasteiger charge is 2.16. The summed E-state index contributed by atoms with van der Waals surface area (Å²) >= 11 is 5.91. The summed E-state index contributed by atoms with van der Waals surface area (Å²) < 4.78 is 0. The standard InChI is InChI=1S/C18H20ClNO2/c19-16-5-3-13(4-6-16)7-9-20-8-1-2-14-10-17(21)18(22)11-15(14)12-20/h3-6,10-11,21-22H,1-2,7-9,12H2. The van der Waals surface area contributed by atoms with Crippen LogP contribution in [-0.4, -0.2) is 28.2 Å². The highest BCUT2D eigenvalue weighted by atomic mass is 35.5. The Morgan fingerprint density at radius 2 is 1.68 bits per heavy atom. The third kappa shape index (κ3) is 3.54. The monoisotopic (exact) mass is 317 g/mol. The van der Waals surface area contributed by atoms with Crippen molar-refractivity contribution in [2.75, 3.05) is 13.1 Å². The molecule has 2 N–H and O–H groups in total. The lowest BCUT2D eigenvalue weighted by Crippen LogP contribution is -2.25. The molecule has 2 aromatic rings. The molecule has 2 aromatic carbocycles. The Bertz CT molecular complexity index is 655. The summed E-state index contributed by atoms with van der Waals surface area (Å²) in [5.41, 5.74) is 3.54. The molecule has 0 spiro atoms. The van der Waals surface area contributed by atoms with Gasteiger partial charge in [-0.05, 0) is 66.8 Å². The van der Waals surface area contributed by atoms with Crippen LogP contribution >= 0.6 is 11.6 Å². The van der Waals surface area contributed by atoms with E-state index in [1.165, 1.54) is 5.56 Å². The molecule has 3 rings (SSSR count). The molecule has 0 aliphatic carbocycles. The summed E-state index contributed by atoms with van der Waals surface area (Å²) in [5.74, 6) is -0.0494. The molecular weight excluding hydrogens is 298 g/mol. The second-order valence-corrected chi connectivity index (χ2v) is 6.30. The highest BCUT2D eigenvalue weighted by molar-refractivity contribution is 6.30. The Morgan fingerprint density at radius 3 is 2.41 bits per heavy atom. The van der Waals surface area contributed by atoms with Crippen LogP contribution in [0, 0.1) is 0 Å². The number of aryl methyl sites for hydroxylation is 1. The van der Waals surface area contributed by atoms with Crippen LogP contribution in [-0.2, 0) is 19.4 Å². The van der Waals surface area contributed by atoms with E-state index in [0.29, 0.717) is 0 Å². The number of nitrogens with zero attached hydrogens (tertiary/aromatic N) is 1. The van der Waals surface area contributed by atoms with Crippen LogP contribution in [0.4, 0.5) is 0 Å². The van der Waals surface area contributed by atoms with Gasteiger partial charge in [0.05, 0.1) is 0 Å². The summed E-state index contributed by atoms with van der Waals surface area (Å²) in [6, 6.07) is 11.4. The first-order valence-corrected chi connectivity index (χ1v) is 8.00. The first-order valence-electron chi connectivity index (χ1n) is 7.62. The Morgan fingerprint density at radius 1 is 1.00 bits per heavy atom. The van der Waals surface area contributed by atoms with Gasteiger partial charge >= 0.3 is 0 Å². The Labute approximate surface area is 135 Å². The van der Waals surface area contributed by atoms with Gasteiger partial charge in [0, 0.05) is 18.1 Å². The third-order valence-corrected chi connectivity index (χ3v) is 4.49. The van der Waals surface area contributed by atoms with Crippen molar-refractivity contribution in [3.05, 3.63) is 58.1 Å². The summed E-state index contributed by atoms with van der Waals surface area (Å²) in [7, 11) is 0. The maximum absolute atomic E-state index is 9.71. The minimum Gasteiger partial charge on any atom is -0.504 e. The zero-order valence-corrected chi connectivity index (χ0v) is 13.2. The second-order valence-electron chi connectivity index (χ2n) is 5.87. The van der Waals surface area contributed by atoms with E-state index in [-0.39, 0.29) is 11.5 Å². The van der Waals surface area contributed by atoms with Crippen molar-refractivity contribution < 1.29 is 10.2 Å². The van der Waals surface area contributed by atoms with E-state index in [1.807, 2.05) is 12.1 Å². The molecule has 22 heavy (non-hydrogen) atoms. The van der Waals surface area contributed by atoms with Crippen LogP contribution in [0.2, 0.25) is 5.02 Å². The van der Waals surface area contributed by atoms with Gasteiger partial charge in [0.25, 0.3) is 0 Å². The van der Waals surface area contributed by atoms with Crippen molar-refractivity contribution in [3.8, 4) is 11.5 Å². The molecule has 0 bridgehead atoms. The molecule has 0 atom stereocenters. The first-order chi connectivity index (χ1) is 10.6. The number of phenolic OH excluding ortho intramolecular Hbond substituents is 2. The van der Waals surface area contributed by atoms with Crippen molar-refractivity contribution in [3.63, 3.8) is 0 Å². The van der Waals surface area contributed by atoms with Gasteiger partial charge in [-0.25, -0.2) is 0 Å². The van der Waals surface area contributed by atoms with Crippen molar-refractivity contribution in [1.29, 1.82) is 0 Å². The number of fused-ring (bicyclic) bond motifs is 1. The quantitative estimate of drug-likeness (QED) is 0.848. The summed E-state index contributed by atoms with van der Waals surface area (Å²) in [4.78, 5) is 2.40. The summed E-state index contributed by atoms with van der Waals surface area (Å²) in [6.07, 6.45) is 3.00. The summed E-state index contributed by atoms with van der Waals surface area (Å²) in [5, 5.41) is 20.1. The van der Waals surface area contributed by atoms with Gasteiger partial charge in [-0.3, -0.25) is 4.90 Å². The maximum Gasteiger partial charge on any atom is 0.157 e. The van der Waals surface area contributed by atoms with Gasteiger partial charge in [-0.2, -0.15) is 0 Å². The minimum absolute atomic E-state index is 0.0200. The number of halogens is 1. The Hall–Kier alpha value is -1.71. The number of aromatic hydroxyl groups is 2. The fourth-order valence-electron chi connectivity index (χ4n) is 2.99. The van der Waals surface area contributed by atoms with E-state index < -0.39 is 0 Å². The molecule has 0 aromatic heterocycles. The van der Waals surface area contributed by atoms with Gasteiger partial charge in [0.1, 0.15) is 0 Å². The van der Waals surface area contributed by atoms with Gasteiger partial charge in [-0.15, -0.1) is 0 Å². The molecular formula is C18H20ClNO2. The van der Waals surface area contributed by atoms with Crippen molar-refractivity contribution >= 4 is 11.6 Å². The normalized spacial score (nSPS) is 15.3. The van der Waals surface area contributed by atoms with E-state index >= 15 is 0 Å². The molecule has 116 valence electrons. The minimum atomic E-state index is -0.0294. The van der Waals surface area contributed by atoms with Gasteiger partial charge < -0.3 is 10.2 Å². The average molecular weight is 318 g/mol. The number of rotatable bonds is 3. The molecule has 0 radical (unpaired) electrons. The maximum atomic E-state index is 9.71. The molecule has 1 aliphatic heterocycles. The van der Waals surface area contributed by atoms with Crippen LogP contribution in [0.25, 0.3) is 0 Å². The van der Waals surface area contributed by atoms with Crippen LogP contribution in [0.15, 0.2) is 36.4 Å². The number of hydrogen-bond acceptors (Lipinski definition) is 3. The first kappa shape index (κ1) is 15.2. The van der Waals surface area contributed by atoms with Crippen LogP contribution in [0.1, 0.15) is 23.1 Å². The lowest BCUT2D eigenvalue weighted by Gasteiger charge is -2.20. The van der Waals surface area contributed by atoms with E-state index in [0.717, 1.165) is 55.0 Å². The molecule has 3 nitrogen and oxygen atoms in total. The fraction of sp³-hybridized carbons (Fsp3) is 0.333. The molecule has 0 fully saturated rings. The lowest BCUT2D eigenvalue weighted by molar-refractivity contribution is 0.272. The molecule has 0 saturated heterocycles. The number of phenols is 2. The van der Waals surface area contributed by atoms with Gasteiger partial charge in [0.15, 0.2) is 11.5 Å². The molecule has 1 heterocycles. The molecule has 0 saturated carbocycles. The molecule has 0 amide bonds. The highest BCUT2D eigenvalue weighted by Crippen LogP contribution is 2.31. The molecule has 4 heteroatoms. The number of hydrogen-bond donors (Lipinski definition) is 2. The molecule has 0 unspecified atom stereocenters. The SMILES string of the molecule is Oc1cc2c(cc1O)CN(CCc1ccc(Cl)cc1)CCC2. The van der Waals surface area contributed by atoms with E-state index in [2.05, 4.69) is 17.0 Å². The third-order valence-electron chi connectivity index (χ3n) is 4.24. The van der Waals surface area contributed by atoms with E-state index in [9.17, 15) is 10.2 Å². The van der Waals surface area contributed by atoms with Crippen molar-refractivity contribution in [2.24, 2.45) is 0 Å². The Kier molecular flexibility index (Phi) is 4.55. The Balaban J connectivity index is 1.67. The lowest BCUT2D eigenvalue weighted by atomic mass is 10.0.